The van der Waals surface area contributed by atoms with Crippen LogP contribution in [0.1, 0.15) is 0 Å². The summed E-state index contributed by atoms with van der Waals surface area (Å²) in [7, 11) is 0. The fourth-order valence-corrected chi connectivity index (χ4v) is 1.77. The van der Waals surface area contributed by atoms with Gasteiger partial charge >= 0.3 is 0 Å². The average molecular weight is 190 g/mol. The molecule has 0 radical (unpaired) electrons. The topological polar surface area (TPSA) is 104 Å². The molecule has 13 heavy (non-hydrogen) atoms. The Morgan fingerprint density at radius 2 is 0.769 bits per heavy atom. The molecule has 8 N–H and O–H groups in total. The van der Waals surface area contributed by atoms with Gasteiger partial charge in [0.1, 0.15) is 0 Å². The summed E-state index contributed by atoms with van der Waals surface area (Å²) in [6.45, 7) is 6.36. The molecule has 0 bridgehead atoms. The molecule has 0 aromatic carbocycles. The molecule has 0 heterocycles. The van der Waals surface area contributed by atoms with Crippen molar-refractivity contribution in [3.8, 4) is 0 Å². The third-order valence-corrected chi connectivity index (χ3v) is 2.41. The number of hydrogen-bond acceptors (Lipinski definition) is 4. The molecule has 0 atom stereocenters. The lowest BCUT2D eigenvalue weighted by molar-refractivity contribution is -0.923. The highest BCUT2D eigenvalue weighted by atomic mass is 15.4. The van der Waals surface area contributed by atoms with Crippen molar-refractivity contribution in [2.24, 2.45) is 22.9 Å². The molecule has 0 unspecified atom stereocenters. The van der Waals surface area contributed by atoms with Crippen molar-refractivity contribution >= 4 is 0 Å². The standard InChI is InChI=1S/C8H24N5/c9-1-5-13(6-2-10,7-3-11)8-4-12/h1-12H2/q+1. The zero-order valence-corrected chi connectivity index (χ0v) is 8.41. The van der Waals surface area contributed by atoms with Crippen LogP contribution in [0.5, 0.6) is 0 Å². The van der Waals surface area contributed by atoms with E-state index in [1.165, 1.54) is 0 Å². The third-order valence-electron chi connectivity index (χ3n) is 2.41. The van der Waals surface area contributed by atoms with Crippen LogP contribution in [0.15, 0.2) is 0 Å². The van der Waals surface area contributed by atoms with E-state index in [-0.39, 0.29) is 0 Å². The number of nitrogens with two attached hydrogens (primary N) is 4. The maximum atomic E-state index is 5.57. The van der Waals surface area contributed by atoms with Crippen LogP contribution in [0.25, 0.3) is 0 Å². The van der Waals surface area contributed by atoms with Crippen LogP contribution in [-0.4, -0.2) is 56.8 Å². The summed E-state index contributed by atoms with van der Waals surface area (Å²) in [6.07, 6.45) is 0. The summed E-state index contributed by atoms with van der Waals surface area (Å²) in [6, 6.07) is 0. The molecule has 0 saturated heterocycles. The molecule has 0 fully saturated rings. The molecule has 0 saturated carbocycles. The monoisotopic (exact) mass is 190 g/mol. The van der Waals surface area contributed by atoms with Crippen LogP contribution in [0.2, 0.25) is 0 Å². The second-order valence-corrected chi connectivity index (χ2v) is 3.39. The lowest BCUT2D eigenvalue weighted by atomic mass is 10.3. The normalized spacial score (nSPS) is 12.0. The number of hydrogen-bond donors (Lipinski definition) is 4. The minimum absolute atomic E-state index is 0.667. The molecular formula is C8H24N5+. The Labute approximate surface area is 80.6 Å². The van der Waals surface area contributed by atoms with E-state index >= 15 is 0 Å². The van der Waals surface area contributed by atoms with E-state index in [1.807, 2.05) is 0 Å². The number of quaternary nitrogens is 1. The molecule has 0 aliphatic rings. The lowest BCUT2D eigenvalue weighted by Gasteiger charge is -2.37. The van der Waals surface area contributed by atoms with E-state index in [0.717, 1.165) is 30.7 Å². The Morgan fingerprint density at radius 1 is 0.538 bits per heavy atom. The van der Waals surface area contributed by atoms with Gasteiger partial charge in [-0.2, -0.15) is 0 Å². The highest BCUT2D eigenvalue weighted by Gasteiger charge is 2.23. The van der Waals surface area contributed by atoms with Gasteiger partial charge in [0.25, 0.3) is 0 Å². The maximum Gasteiger partial charge on any atom is 0.0912 e. The minimum atomic E-state index is 0.667. The molecule has 0 amide bonds. The molecule has 5 nitrogen and oxygen atoms in total. The summed E-state index contributed by atoms with van der Waals surface area (Å²) < 4.78 is 0.875. The van der Waals surface area contributed by atoms with Gasteiger partial charge in [-0.15, -0.1) is 0 Å². The van der Waals surface area contributed by atoms with Crippen LogP contribution in [0.3, 0.4) is 0 Å². The van der Waals surface area contributed by atoms with Gasteiger partial charge in [-0.1, -0.05) is 0 Å². The minimum Gasteiger partial charge on any atom is -0.326 e. The van der Waals surface area contributed by atoms with Crippen LogP contribution in [-0.2, 0) is 0 Å². The van der Waals surface area contributed by atoms with Gasteiger partial charge in [0, 0.05) is 26.2 Å². The SMILES string of the molecule is NCC[N+](CCN)(CCN)CCN. The fraction of sp³-hybridized carbons (Fsp3) is 1.00. The zero-order valence-electron chi connectivity index (χ0n) is 8.41. The van der Waals surface area contributed by atoms with E-state index in [2.05, 4.69) is 0 Å². The van der Waals surface area contributed by atoms with E-state index in [9.17, 15) is 0 Å². The molecule has 0 aliphatic carbocycles. The van der Waals surface area contributed by atoms with Crippen LogP contribution in [0.4, 0.5) is 0 Å². The quantitative estimate of drug-likeness (QED) is 0.321. The van der Waals surface area contributed by atoms with Gasteiger partial charge in [-0.05, 0) is 0 Å². The predicted molar refractivity (Wildman–Crippen MR) is 55.9 cm³/mol. The zero-order chi connectivity index (χ0) is 10.2. The highest BCUT2D eigenvalue weighted by molar-refractivity contribution is 4.49. The molecule has 5 heteroatoms. The summed E-state index contributed by atoms with van der Waals surface area (Å²) in [5.41, 5.74) is 22.3. The lowest BCUT2D eigenvalue weighted by Crippen LogP contribution is -2.57. The van der Waals surface area contributed by atoms with Crippen molar-refractivity contribution in [1.82, 2.24) is 0 Å². The number of rotatable bonds is 8. The van der Waals surface area contributed by atoms with Crippen molar-refractivity contribution in [1.29, 1.82) is 0 Å². The van der Waals surface area contributed by atoms with Gasteiger partial charge in [-0.25, -0.2) is 0 Å². The number of nitrogens with zero attached hydrogens (tertiary/aromatic N) is 1. The van der Waals surface area contributed by atoms with Crippen molar-refractivity contribution in [3.05, 3.63) is 0 Å². The molecule has 0 aromatic heterocycles. The van der Waals surface area contributed by atoms with Gasteiger partial charge in [0.15, 0.2) is 0 Å². The summed E-state index contributed by atoms with van der Waals surface area (Å²) >= 11 is 0. The van der Waals surface area contributed by atoms with Crippen molar-refractivity contribution < 1.29 is 4.48 Å². The molecular weight excluding hydrogens is 166 g/mol. The maximum absolute atomic E-state index is 5.57. The van der Waals surface area contributed by atoms with E-state index < -0.39 is 0 Å². The summed E-state index contributed by atoms with van der Waals surface area (Å²) in [5, 5.41) is 0. The smallest absolute Gasteiger partial charge is 0.0912 e. The van der Waals surface area contributed by atoms with E-state index in [4.69, 9.17) is 22.9 Å². The molecule has 0 rings (SSSR count). The van der Waals surface area contributed by atoms with E-state index in [0.29, 0.717) is 26.2 Å². The van der Waals surface area contributed by atoms with Crippen LogP contribution in [0, 0.1) is 0 Å². The first-order chi connectivity index (χ1) is 6.24. The van der Waals surface area contributed by atoms with Crippen LogP contribution >= 0.6 is 0 Å². The highest BCUT2D eigenvalue weighted by Crippen LogP contribution is 2.03. The van der Waals surface area contributed by atoms with Gasteiger partial charge in [-0.3, -0.25) is 0 Å². The molecule has 0 aliphatic heterocycles. The van der Waals surface area contributed by atoms with Crippen molar-refractivity contribution in [3.63, 3.8) is 0 Å². The predicted octanol–water partition coefficient (Wildman–Crippen LogP) is -2.36. The van der Waals surface area contributed by atoms with Crippen molar-refractivity contribution in [2.45, 2.75) is 0 Å². The first-order valence-electron chi connectivity index (χ1n) is 4.90. The molecule has 0 aromatic rings. The van der Waals surface area contributed by atoms with E-state index in [1.54, 1.807) is 0 Å². The second kappa shape index (κ2) is 7.23. The Kier molecular flexibility index (Phi) is 7.12. The summed E-state index contributed by atoms with van der Waals surface area (Å²) in [5.74, 6) is 0. The Bertz CT molecular complexity index is 87.6. The fourth-order valence-electron chi connectivity index (χ4n) is 1.77. The molecule has 80 valence electrons. The van der Waals surface area contributed by atoms with Crippen LogP contribution < -0.4 is 22.9 Å². The second-order valence-electron chi connectivity index (χ2n) is 3.39. The van der Waals surface area contributed by atoms with Crippen molar-refractivity contribution in [2.75, 3.05) is 52.4 Å². The largest absolute Gasteiger partial charge is 0.326 e. The first-order valence-corrected chi connectivity index (χ1v) is 4.90. The van der Waals surface area contributed by atoms with Gasteiger partial charge < -0.3 is 27.4 Å². The average Bonchev–Trinajstić information content (AvgIpc) is 2.06. The van der Waals surface area contributed by atoms with Gasteiger partial charge in [0.2, 0.25) is 0 Å². The first kappa shape index (κ1) is 12.8. The summed E-state index contributed by atoms with van der Waals surface area (Å²) in [4.78, 5) is 0. The Balaban J connectivity index is 4.19. The molecule has 0 spiro atoms. The Morgan fingerprint density at radius 3 is 0.923 bits per heavy atom. The van der Waals surface area contributed by atoms with Gasteiger partial charge in [0.05, 0.1) is 26.2 Å². The Hall–Kier alpha value is -0.200. The third kappa shape index (κ3) is 4.54.